The van der Waals surface area contributed by atoms with E-state index in [1.54, 1.807) is 60.5 Å². The molecule has 222 valence electrons. The van der Waals surface area contributed by atoms with E-state index in [0.717, 1.165) is 16.8 Å². The number of aryl methyl sites for hydroxylation is 1. The van der Waals surface area contributed by atoms with E-state index >= 15 is 0 Å². The number of carbonyl (C=O) groups excluding carboxylic acids is 2. The molecule has 0 bridgehead atoms. The minimum Gasteiger partial charge on any atom is -0.497 e. The SMILES string of the molecule is COc1cccc(C(=O)Oc2ccc(-c3ccc4c(c3COc3cc(F)ccc3C)N(C)C(=O)C(C)(C)N4)c(OC)c2)c1. The number of carbonyl (C=O) groups is 2. The molecule has 5 rings (SSSR count). The first kappa shape index (κ1) is 29.4. The molecule has 0 atom stereocenters. The molecular formula is C34H33FN2O6. The second kappa shape index (κ2) is 11.7. The second-order valence-corrected chi connectivity index (χ2v) is 10.8. The Morgan fingerprint density at radius 3 is 2.42 bits per heavy atom. The number of hydrogen-bond acceptors (Lipinski definition) is 7. The molecule has 0 saturated carbocycles. The molecule has 0 aromatic heterocycles. The van der Waals surface area contributed by atoms with E-state index < -0.39 is 17.3 Å². The number of hydrogen-bond donors (Lipinski definition) is 1. The van der Waals surface area contributed by atoms with E-state index in [2.05, 4.69) is 5.32 Å². The molecule has 4 aromatic carbocycles. The first-order valence-corrected chi connectivity index (χ1v) is 13.7. The molecule has 1 aliphatic heterocycles. The van der Waals surface area contributed by atoms with Gasteiger partial charge in [-0.05, 0) is 74.4 Å². The van der Waals surface area contributed by atoms with Crippen LogP contribution in [0.4, 0.5) is 15.8 Å². The average Bonchev–Trinajstić information content (AvgIpc) is 3.00. The fourth-order valence-electron chi connectivity index (χ4n) is 5.18. The molecular weight excluding hydrogens is 551 g/mol. The fourth-order valence-corrected chi connectivity index (χ4v) is 5.18. The van der Waals surface area contributed by atoms with Gasteiger partial charge >= 0.3 is 5.97 Å². The van der Waals surface area contributed by atoms with Crippen LogP contribution in [0.5, 0.6) is 23.0 Å². The number of nitrogens with zero attached hydrogens (tertiary/aromatic N) is 1. The molecule has 43 heavy (non-hydrogen) atoms. The van der Waals surface area contributed by atoms with E-state index in [9.17, 15) is 14.0 Å². The Balaban J connectivity index is 1.56. The summed E-state index contributed by atoms with van der Waals surface area (Å²) in [6.07, 6.45) is 0. The van der Waals surface area contributed by atoms with Crippen molar-refractivity contribution < 1.29 is 32.9 Å². The van der Waals surface area contributed by atoms with Crippen LogP contribution in [-0.4, -0.2) is 38.7 Å². The summed E-state index contributed by atoms with van der Waals surface area (Å²) in [5, 5.41) is 3.33. The van der Waals surface area contributed by atoms with Crippen LogP contribution in [-0.2, 0) is 11.4 Å². The third-order valence-corrected chi connectivity index (χ3v) is 7.41. The molecule has 1 amide bonds. The van der Waals surface area contributed by atoms with Gasteiger partial charge in [-0.2, -0.15) is 0 Å². The van der Waals surface area contributed by atoms with Crippen molar-refractivity contribution in [1.82, 2.24) is 0 Å². The summed E-state index contributed by atoms with van der Waals surface area (Å²) in [5.74, 6) is 0.593. The van der Waals surface area contributed by atoms with Crippen LogP contribution in [0.3, 0.4) is 0 Å². The number of halogens is 1. The Morgan fingerprint density at radius 2 is 1.67 bits per heavy atom. The molecule has 1 aliphatic rings. The maximum Gasteiger partial charge on any atom is 0.343 e. The third kappa shape index (κ3) is 5.83. The van der Waals surface area contributed by atoms with Crippen molar-refractivity contribution in [3.8, 4) is 34.1 Å². The topological polar surface area (TPSA) is 86.3 Å². The normalized spacial score (nSPS) is 13.6. The van der Waals surface area contributed by atoms with Gasteiger partial charge in [-0.25, -0.2) is 9.18 Å². The number of likely N-dealkylation sites (N-methyl/N-ethyl adjacent to an activating group) is 1. The molecule has 0 saturated heterocycles. The largest absolute Gasteiger partial charge is 0.497 e. The van der Waals surface area contributed by atoms with E-state index in [4.69, 9.17) is 18.9 Å². The number of rotatable bonds is 8. The zero-order chi connectivity index (χ0) is 30.9. The first-order valence-electron chi connectivity index (χ1n) is 13.7. The van der Waals surface area contributed by atoms with Crippen LogP contribution in [0, 0.1) is 12.7 Å². The van der Waals surface area contributed by atoms with E-state index in [0.29, 0.717) is 39.6 Å². The molecule has 0 fully saturated rings. The minimum absolute atomic E-state index is 0.0399. The van der Waals surface area contributed by atoms with Crippen molar-refractivity contribution in [2.45, 2.75) is 32.9 Å². The molecule has 0 radical (unpaired) electrons. The van der Waals surface area contributed by atoms with Gasteiger partial charge in [0.2, 0.25) is 0 Å². The van der Waals surface area contributed by atoms with Crippen LogP contribution in [0.25, 0.3) is 11.1 Å². The van der Waals surface area contributed by atoms with Gasteiger partial charge in [-0.1, -0.05) is 18.2 Å². The smallest absolute Gasteiger partial charge is 0.343 e. The van der Waals surface area contributed by atoms with Gasteiger partial charge in [0, 0.05) is 30.3 Å². The Kier molecular flexibility index (Phi) is 8.00. The maximum absolute atomic E-state index is 14.1. The highest BCUT2D eigenvalue weighted by molar-refractivity contribution is 6.08. The highest BCUT2D eigenvalue weighted by Crippen LogP contribution is 2.45. The number of benzene rings is 4. The Labute approximate surface area is 249 Å². The minimum atomic E-state index is -0.813. The Morgan fingerprint density at radius 1 is 0.907 bits per heavy atom. The highest BCUT2D eigenvalue weighted by Gasteiger charge is 2.38. The number of nitrogens with one attached hydrogen (secondary N) is 1. The zero-order valence-electron chi connectivity index (χ0n) is 24.9. The fraction of sp³-hybridized carbons (Fsp3) is 0.235. The molecule has 1 heterocycles. The van der Waals surface area contributed by atoms with Crippen LogP contribution in [0.15, 0.2) is 72.8 Å². The second-order valence-electron chi connectivity index (χ2n) is 10.8. The van der Waals surface area contributed by atoms with Crippen molar-refractivity contribution in [3.63, 3.8) is 0 Å². The number of amides is 1. The van der Waals surface area contributed by atoms with Crippen LogP contribution in [0.2, 0.25) is 0 Å². The Bertz CT molecular complexity index is 1720. The highest BCUT2D eigenvalue weighted by atomic mass is 19.1. The molecule has 4 aromatic rings. The van der Waals surface area contributed by atoms with Gasteiger partial charge in [0.1, 0.15) is 41.0 Å². The number of anilines is 2. The van der Waals surface area contributed by atoms with Crippen molar-refractivity contribution >= 4 is 23.3 Å². The lowest BCUT2D eigenvalue weighted by molar-refractivity contribution is -0.121. The number of methoxy groups -OCH3 is 2. The summed E-state index contributed by atoms with van der Waals surface area (Å²) in [6, 6.07) is 20.0. The lowest BCUT2D eigenvalue weighted by Crippen LogP contribution is -2.52. The van der Waals surface area contributed by atoms with Gasteiger partial charge in [0.15, 0.2) is 0 Å². The summed E-state index contributed by atoms with van der Waals surface area (Å²) in [7, 11) is 4.78. The summed E-state index contributed by atoms with van der Waals surface area (Å²) < 4.78 is 36.8. The van der Waals surface area contributed by atoms with E-state index in [1.807, 2.05) is 32.9 Å². The van der Waals surface area contributed by atoms with E-state index in [-0.39, 0.29) is 18.3 Å². The van der Waals surface area contributed by atoms with Crippen molar-refractivity contribution in [2.75, 3.05) is 31.5 Å². The van der Waals surface area contributed by atoms with Crippen molar-refractivity contribution in [3.05, 3.63) is 95.3 Å². The number of esters is 1. The monoisotopic (exact) mass is 584 g/mol. The lowest BCUT2D eigenvalue weighted by atomic mass is 9.91. The predicted octanol–water partition coefficient (Wildman–Crippen LogP) is 6.78. The summed E-state index contributed by atoms with van der Waals surface area (Å²) >= 11 is 0. The molecule has 9 heteroatoms. The standard InChI is InChI=1S/C34H33FN2O6/c1-20-10-11-22(35)17-29(20)42-19-27-25(14-15-28-31(27)37(4)33(39)34(2,3)36-28)26-13-12-24(18-30(26)41-6)43-32(38)21-8-7-9-23(16-21)40-5/h7-18,36H,19H2,1-6H3. The third-order valence-electron chi connectivity index (χ3n) is 7.41. The van der Waals surface area contributed by atoms with Crippen molar-refractivity contribution in [2.24, 2.45) is 0 Å². The maximum atomic E-state index is 14.1. The lowest BCUT2D eigenvalue weighted by Gasteiger charge is -2.39. The quantitative estimate of drug-likeness (QED) is 0.180. The van der Waals surface area contributed by atoms with E-state index in [1.165, 1.54) is 26.4 Å². The molecule has 0 unspecified atom stereocenters. The number of ether oxygens (including phenoxy) is 4. The van der Waals surface area contributed by atoms with Gasteiger partial charge in [0.05, 0.1) is 31.2 Å². The molecule has 0 aliphatic carbocycles. The molecule has 8 nitrogen and oxygen atoms in total. The molecule has 0 spiro atoms. The van der Waals surface area contributed by atoms with Crippen LogP contribution >= 0.6 is 0 Å². The van der Waals surface area contributed by atoms with Gasteiger partial charge in [0.25, 0.3) is 5.91 Å². The van der Waals surface area contributed by atoms with Gasteiger partial charge in [-0.3, -0.25) is 4.79 Å². The van der Waals surface area contributed by atoms with Gasteiger partial charge in [-0.15, -0.1) is 0 Å². The summed E-state index contributed by atoms with van der Waals surface area (Å²) in [6.45, 7) is 5.52. The van der Waals surface area contributed by atoms with Gasteiger partial charge < -0.3 is 29.2 Å². The van der Waals surface area contributed by atoms with Crippen molar-refractivity contribution in [1.29, 1.82) is 0 Å². The Hall–Kier alpha value is -5.05. The van der Waals surface area contributed by atoms with Crippen LogP contribution < -0.4 is 29.2 Å². The average molecular weight is 585 g/mol. The summed E-state index contributed by atoms with van der Waals surface area (Å²) in [5.41, 5.74) is 3.82. The molecule has 1 N–H and O–H groups in total. The summed E-state index contributed by atoms with van der Waals surface area (Å²) in [4.78, 5) is 27.8. The number of fused-ring (bicyclic) bond motifs is 1. The zero-order valence-corrected chi connectivity index (χ0v) is 24.9. The van der Waals surface area contributed by atoms with Crippen LogP contribution in [0.1, 0.15) is 35.3 Å². The first-order chi connectivity index (χ1) is 20.5. The predicted molar refractivity (Wildman–Crippen MR) is 163 cm³/mol.